The third kappa shape index (κ3) is 5.23. The third-order valence-corrected chi connectivity index (χ3v) is 6.31. The molecular weight excluding hydrogens is 376 g/mol. The van der Waals surface area contributed by atoms with Crippen LogP contribution in [0.25, 0.3) is 10.2 Å². The van der Waals surface area contributed by atoms with Gasteiger partial charge in [0, 0.05) is 19.2 Å². The van der Waals surface area contributed by atoms with Crippen LogP contribution in [-0.2, 0) is 17.6 Å². The molecule has 6 heteroatoms. The summed E-state index contributed by atoms with van der Waals surface area (Å²) in [6.07, 6.45) is 1.33. The maximum atomic E-state index is 12.3. The van der Waals surface area contributed by atoms with Gasteiger partial charge < -0.3 is 9.30 Å². The molecule has 3 rings (SSSR count). The van der Waals surface area contributed by atoms with Gasteiger partial charge in [-0.15, -0.1) is 0 Å². The largest absolute Gasteiger partial charge is 0.492 e. The van der Waals surface area contributed by atoms with Crippen LogP contribution in [0, 0.1) is 0 Å². The Bertz CT molecular complexity index is 961. The monoisotopic (exact) mass is 400 g/mol. The molecule has 1 amide bonds. The summed E-state index contributed by atoms with van der Waals surface area (Å²) in [6.45, 7) is 2.58. The van der Waals surface area contributed by atoms with Gasteiger partial charge in [-0.2, -0.15) is 16.8 Å². The van der Waals surface area contributed by atoms with Gasteiger partial charge in [-0.3, -0.25) is 4.79 Å². The summed E-state index contributed by atoms with van der Waals surface area (Å²) in [5.74, 6) is 2.72. The fraction of sp³-hybridized carbons (Fsp3) is 0.333. The minimum absolute atomic E-state index is 0.0598. The van der Waals surface area contributed by atoms with Gasteiger partial charge in [-0.05, 0) is 36.8 Å². The minimum atomic E-state index is -0.0598. The number of fused-ring (bicyclic) bond motifs is 1. The Morgan fingerprint density at radius 2 is 2.00 bits per heavy atom. The van der Waals surface area contributed by atoms with Crippen LogP contribution in [0.3, 0.4) is 0 Å². The molecule has 0 N–H and O–H groups in total. The number of nitrogens with zero attached hydrogens (tertiary/aromatic N) is 2. The molecule has 27 heavy (non-hydrogen) atoms. The number of hydrogen-bond donors (Lipinski definition) is 0. The molecule has 3 aromatic rings. The van der Waals surface area contributed by atoms with Crippen molar-refractivity contribution in [3.63, 3.8) is 0 Å². The number of rotatable bonds is 8. The van der Waals surface area contributed by atoms with Gasteiger partial charge in [0.05, 0.1) is 11.3 Å². The zero-order chi connectivity index (χ0) is 19.1. The van der Waals surface area contributed by atoms with E-state index >= 15 is 0 Å². The first-order chi connectivity index (χ1) is 13.2. The first-order valence-electron chi connectivity index (χ1n) is 9.09. The van der Waals surface area contributed by atoms with E-state index < -0.39 is 0 Å². The molecule has 0 aliphatic rings. The van der Waals surface area contributed by atoms with Crippen LogP contribution in [0.4, 0.5) is 0 Å². The van der Waals surface area contributed by atoms with Crippen molar-refractivity contribution in [1.82, 2.24) is 4.57 Å². The Kier molecular flexibility index (Phi) is 7.12. The molecule has 0 radical (unpaired) electrons. The Balaban J connectivity index is 1.58. The fourth-order valence-electron chi connectivity index (χ4n) is 2.80. The van der Waals surface area contributed by atoms with Crippen LogP contribution in [0.5, 0.6) is 5.75 Å². The summed E-state index contributed by atoms with van der Waals surface area (Å²) in [5, 5.41) is 0. The number of amides is 1. The summed E-state index contributed by atoms with van der Waals surface area (Å²) in [7, 11) is 1.93. The highest BCUT2D eigenvalue weighted by atomic mass is 32.2. The van der Waals surface area contributed by atoms with E-state index in [1.807, 2.05) is 54.6 Å². The van der Waals surface area contributed by atoms with Gasteiger partial charge in [0.15, 0.2) is 4.80 Å². The number of carbonyl (C=O) groups is 1. The van der Waals surface area contributed by atoms with Crippen molar-refractivity contribution < 1.29 is 9.53 Å². The number of aryl methyl sites for hydroxylation is 1. The molecule has 0 saturated carbocycles. The topological polar surface area (TPSA) is 43.6 Å². The van der Waals surface area contributed by atoms with E-state index in [0.717, 1.165) is 38.7 Å². The third-order valence-electron chi connectivity index (χ3n) is 4.10. The summed E-state index contributed by atoms with van der Waals surface area (Å²) >= 11 is 3.38. The molecule has 0 spiro atoms. The lowest BCUT2D eigenvalue weighted by molar-refractivity contribution is -0.118. The van der Waals surface area contributed by atoms with Crippen molar-refractivity contribution in [3.05, 3.63) is 58.9 Å². The molecule has 0 aliphatic carbocycles. The molecule has 1 aromatic heterocycles. The number of thioether (sulfide) groups is 1. The van der Waals surface area contributed by atoms with Gasteiger partial charge in [-0.25, -0.2) is 0 Å². The summed E-state index contributed by atoms with van der Waals surface area (Å²) in [4.78, 5) is 17.3. The van der Waals surface area contributed by atoms with Crippen molar-refractivity contribution >= 4 is 39.2 Å². The van der Waals surface area contributed by atoms with E-state index in [0.29, 0.717) is 13.0 Å². The number of thiazole rings is 1. The van der Waals surface area contributed by atoms with E-state index in [9.17, 15) is 4.79 Å². The zero-order valence-corrected chi connectivity index (χ0v) is 17.3. The number of para-hydroxylation sites is 1. The molecule has 0 unspecified atom stereocenters. The van der Waals surface area contributed by atoms with Gasteiger partial charge in [0.2, 0.25) is 5.91 Å². The molecule has 4 nitrogen and oxygen atoms in total. The summed E-state index contributed by atoms with van der Waals surface area (Å²) in [5.41, 5.74) is 2.32. The zero-order valence-electron chi connectivity index (χ0n) is 15.7. The molecule has 142 valence electrons. The Hall–Kier alpha value is -2.05. The predicted molar refractivity (Wildman–Crippen MR) is 114 cm³/mol. The van der Waals surface area contributed by atoms with Crippen LogP contribution in [0.1, 0.15) is 25.3 Å². The molecular formula is C21H24N2O2S2. The van der Waals surface area contributed by atoms with Crippen molar-refractivity contribution in [2.45, 2.75) is 25.5 Å². The molecule has 2 aromatic carbocycles. The number of benzene rings is 2. The van der Waals surface area contributed by atoms with Crippen LogP contribution >= 0.6 is 23.1 Å². The quantitative estimate of drug-likeness (QED) is 0.511. The predicted octanol–water partition coefficient (Wildman–Crippen LogP) is 4.78. The van der Waals surface area contributed by atoms with Gasteiger partial charge in [0.25, 0.3) is 0 Å². The maximum Gasteiger partial charge on any atom is 0.248 e. The van der Waals surface area contributed by atoms with E-state index in [-0.39, 0.29) is 5.91 Å². The fourth-order valence-corrected chi connectivity index (χ4v) is 4.77. The van der Waals surface area contributed by atoms with Gasteiger partial charge in [-0.1, -0.05) is 47.7 Å². The second kappa shape index (κ2) is 9.76. The Morgan fingerprint density at radius 3 is 2.78 bits per heavy atom. The Labute approximate surface area is 167 Å². The smallest absolute Gasteiger partial charge is 0.248 e. The van der Waals surface area contributed by atoms with E-state index in [1.54, 1.807) is 0 Å². The second-order valence-electron chi connectivity index (χ2n) is 6.13. The van der Waals surface area contributed by atoms with Crippen molar-refractivity contribution in [2.75, 3.05) is 12.4 Å². The first kappa shape index (κ1) is 19.7. The normalized spacial score (nSPS) is 11.9. The van der Waals surface area contributed by atoms with E-state index in [1.165, 1.54) is 16.9 Å². The SMILES string of the molecule is CCOc1cccc2sc(=NC(=O)CCCSCc3ccccc3)n(C)c12. The maximum absolute atomic E-state index is 12.3. The molecule has 1 heterocycles. The molecule has 0 saturated heterocycles. The van der Waals surface area contributed by atoms with E-state index in [2.05, 4.69) is 29.3 Å². The second-order valence-corrected chi connectivity index (χ2v) is 8.24. The standard InChI is InChI=1S/C21H24N2O2S2/c1-3-25-17-11-7-12-18-20(17)23(2)21(27-18)22-19(24)13-8-14-26-15-16-9-5-4-6-10-16/h4-7,9-12H,3,8,13-15H2,1-2H3. The van der Waals surface area contributed by atoms with E-state index in [4.69, 9.17) is 4.74 Å². The van der Waals surface area contributed by atoms with Crippen LogP contribution in [0.2, 0.25) is 0 Å². The van der Waals surface area contributed by atoms with Gasteiger partial charge >= 0.3 is 0 Å². The highest BCUT2D eigenvalue weighted by molar-refractivity contribution is 7.98. The first-order valence-corrected chi connectivity index (χ1v) is 11.1. The summed E-state index contributed by atoms with van der Waals surface area (Å²) < 4.78 is 8.73. The summed E-state index contributed by atoms with van der Waals surface area (Å²) in [6, 6.07) is 16.4. The number of carbonyl (C=O) groups excluding carboxylic acids is 1. The van der Waals surface area contributed by atoms with Gasteiger partial charge in [0.1, 0.15) is 11.3 Å². The number of ether oxygens (including phenoxy) is 1. The van der Waals surface area contributed by atoms with Crippen molar-refractivity contribution in [2.24, 2.45) is 12.0 Å². The van der Waals surface area contributed by atoms with Crippen molar-refractivity contribution in [3.8, 4) is 5.75 Å². The molecule has 0 atom stereocenters. The average Bonchev–Trinajstić information content (AvgIpc) is 2.99. The Morgan fingerprint density at radius 1 is 1.19 bits per heavy atom. The molecule has 0 aliphatic heterocycles. The lowest BCUT2D eigenvalue weighted by atomic mass is 10.2. The number of aromatic nitrogens is 1. The lowest BCUT2D eigenvalue weighted by Gasteiger charge is -2.05. The lowest BCUT2D eigenvalue weighted by Crippen LogP contribution is -2.13. The number of hydrogen-bond acceptors (Lipinski definition) is 4. The molecule has 0 bridgehead atoms. The van der Waals surface area contributed by atoms with Crippen LogP contribution in [-0.4, -0.2) is 22.8 Å². The molecule has 0 fully saturated rings. The highest BCUT2D eigenvalue weighted by Gasteiger charge is 2.10. The highest BCUT2D eigenvalue weighted by Crippen LogP contribution is 2.26. The average molecular weight is 401 g/mol. The van der Waals surface area contributed by atoms with Crippen LogP contribution in [0.15, 0.2) is 53.5 Å². The van der Waals surface area contributed by atoms with Crippen molar-refractivity contribution in [1.29, 1.82) is 0 Å². The minimum Gasteiger partial charge on any atom is -0.492 e. The van der Waals surface area contributed by atoms with Crippen LogP contribution < -0.4 is 9.54 Å².